The first-order valence-corrected chi connectivity index (χ1v) is 5.35. The Kier molecular flexibility index (Phi) is 5.10. The fourth-order valence-corrected chi connectivity index (χ4v) is 1.28. The van der Waals surface area contributed by atoms with Gasteiger partial charge in [-0.3, -0.25) is 4.79 Å². The van der Waals surface area contributed by atoms with Gasteiger partial charge in [0.1, 0.15) is 0 Å². The molecule has 0 saturated heterocycles. The molecule has 0 aromatic heterocycles. The van der Waals surface area contributed by atoms with Crippen molar-refractivity contribution in [2.45, 2.75) is 19.8 Å². The number of carbonyl (C=O) groups is 1. The Balaban J connectivity index is 2.71. The normalized spacial score (nSPS) is 9.12. The van der Waals surface area contributed by atoms with Gasteiger partial charge in [-0.1, -0.05) is 24.8 Å². The molecular weight excluding hydrogens is 200 g/mol. The number of amides is 1. The number of anilines is 1. The molecule has 0 atom stereocenters. The highest BCUT2D eigenvalue weighted by molar-refractivity contribution is 5.90. The molecule has 0 aliphatic heterocycles. The largest absolute Gasteiger partial charge is 0.326 e. The van der Waals surface area contributed by atoms with Gasteiger partial charge in [0.2, 0.25) is 5.91 Å². The van der Waals surface area contributed by atoms with Gasteiger partial charge in [-0.25, -0.2) is 0 Å². The summed E-state index contributed by atoms with van der Waals surface area (Å²) in [6.45, 7) is 2.31. The van der Waals surface area contributed by atoms with Crippen molar-refractivity contribution >= 4 is 11.6 Å². The van der Waals surface area contributed by atoms with Crippen molar-refractivity contribution < 1.29 is 4.79 Å². The first-order chi connectivity index (χ1) is 7.76. The van der Waals surface area contributed by atoms with Crippen molar-refractivity contribution in [3.63, 3.8) is 0 Å². The highest BCUT2D eigenvalue weighted by Gasteiger charge is 2.00. The van der Waals surface area contributed by atoms with Gasteiger partial charge in [-0.05, 0) is 24.6 Å². The highest BCUT2D eigenvalue weighted by Crippen LogP contribution is 2.10. The second kappa shape index (κ2) is 6.65. The van der Waals surface area contributed by atoms with E-state index in [1.54, 1.807) is 0 Å². The van der Waals surface area contributed by atoms with Crippen LogP contribution in [0, 0.1) is 11.8 Å². The van der Waals surface area contributed by atoms with E-state index in [1.807, 2.05) is 31.2 Å². The third-order valence-electron chi connectivity index (χ3n) is 1.96. The monoisotopic (exact) mass is 216 g/mol. The Morgan fingerprint density at radius 1 is 1.50 bits per heavy atom. The summed E-state index contributed by atoms with van der Waals surface area (Å²) in [6, 6.07) is 7.44. The average molecular weight is 216 g/mol. The minimum Gasteiger partial charge on any atom is -0.326 e. The molecule has 16 heavy (non-hydrogen) atoms. The number of carbonyl (C=O) groups excluding carboxylic acids is 1. The van der Waals surface area contributed by atoms with E-state index in [1.165, 1.54) is 0 Å². The summed E-state index contributed by atoms with van der Waals surface area (Å²) >= 11 is 0. The molecule has 0 bridgehead atoms. The zero-order chi connectivity index (χ0) is 11.8. The van der Waals surface area contributed by atoms with Crippen LogP contribution in [-0.2, 0) is 4.79 Å². The molecule has 3 heteroatoms. The summed E-state index contributed by atoms with van der Waals surface area (Å²) in [7, 11) is 0. The van der Waals surface area contributed by atoms with Crippen molar-refractivity contribution in [2.24, 2.45) is 5.73 Å². The van der Waals surface area contributed by atoms with Crippen molar-refractivity contribution in [1.29, 1.82) is 0 Å². The fourth-order valence-electron chi connectivity index (χ4n) is 1.28. The zero-order valence-electron chi connectivity index (χ0n) is 9.42. The van der Waals surface area contributed by atoms with Crippen LogP contribution in [0.2, 0.25) is 0 Å². The maximum atomic E-state index is 11.4. The lowest BCUT2D eigenvalue weighted by atomic mass is 10.2. The number of rotatable bonds is 3. The number of hydrogen-bond acceptors (Lipinski definition) is 2. The van der Waals surface area contributed by atoms with E-state index in [4.69, 9.17) is 5.73 Å². The van der Waals surface area contributed by atoms with Crippen LogP contribution in [0.1, 0.15) is 25.3 Å². The molecule has 84 valence electrons. The predicted molar refractivity (Wildman–Crippen MR) is 65.9 cm³/mol. The number of nitrogens with two attached hydrogens (primary N) is 1. The summed E-state index contributed by atoms with van der Waals surface area (Å²) in [4.78, 5) is 11.4. The van der Waals surface area contributed by atoms with Crippen LogP contribution < -0.4 is 11.1 Å². The van der Waals surface area contributed by atoms with Crippen molar-refractivity contribution in [1.82, 2.24) is 0 Å². The van der Waals surface area contributed by atoms with Crippen molar-refractivity contribution in [2.75, 3.05) is 11.9 Å². The van der Waals surface area contributed by atoms with Gasteiger partial charge < -0.3 is 11.1 Å². The first-order valence-electron chi connectivity index (χ1n) is 5.35. The van der Waals surface area contributed by atoms with Crippen LogP contribution in [-0.4, -0.2) is 12.5 Å². The maximum Gasteiger partial charge on any atom is 0.224 e. The Morgan fingerprint density at radius 2 is 2.31 bits per heavy atom. The third-order valence-corrected chi connectivity index (χ3v) is 1.96. The van der Waals surface area contributed by atoms with Gasteiger partial charge >= 0.3 is 0 Å². The summed E-state index contributed by atoms with van der Waals surface area (Å²) in [5, 5.41) is 2.82. The van der Waals surface area contributed by atoms with E-state index < -0.39 is 0 Å². The molecule has 0 radical (unpaired) electrons. The molecule has 1 amide bonds. The number of benzene rings is 1. The average Bonchev–Trinajstić information content (AvgIpc) is 2.27. The Morgan fingerprint density at radius 3 is 3.00 bits per heavy atom. The molecule has 3 nitrogen and oxygen atoms in total. The number of nitrogens with one attached hydrogen (secondary N) is 1. The van der Waals surface area contributed by atoms with Crippen LogP contribution in [0.3, 0.4) is 0 Å². The minimum absolute atomic E-state index is 0.0337. The van der Waals surface area contributed by atoms with Gasteiger partial charge in [0.15, 0.2) is 0 Å². The summed E-state index contributed by atoms with van der Waals surface area (Å²) in [5.74, 6) is 5.73. The molecule has 1 aromatic rings. The molecule has 0 saturated carbocycles. The van der Waals surface area contributed by atoms with Gasteiger partial charge in [0.05, 0.1) is 6.54 Å². The number of hydrogen-bond donors (Lipinski definition) is 2. The van der Waals surface area contributed by atoms with Gasteiger partial charge in [-0.2, -0.15) is 0 Å². The van der Waals surface area contributed by atoms with Crippen molar-refractivity contribution in [3.05, 3.63) is 29.8 Å². The molecule has 1 rings (SSSR count). The quantitative estimate of drug-likeness (QED) is 0.756. The van der Waals surface area contributed by atoms with E-state index in [9.17, 15) is 4.79 Å². The SMILES string of the molecule is CCCC(=O)Nc1cccc(C#CCN)c1. The van der Waals surface area contributed by atoms with E-state index in [0.29, 0.717) is 13.0 Å². The zero-order valence-corrected chi connectivity index (χ0v) is 9.42. The second-order valence-corrected chi connectivity index (χ2v) is 3.38. The van der Waals surface area contributed by atoms with Crippen LogP contribution in [0.4, 0.5) is 5.69 Å². The van der Waals surface area contributed by atoms with E-state index in [-0.39, 0.29) is 5.91 Å². The van der Waals surface area contributed by atoms with Gasteiger partial charge in [-0.15, -0.1) is 0 Å². The summed E-state index contributed by atoms with van der Waals surface area (Å²) in [6.07, 6.45) is 1.39. The van der Waals surface area contributed by atoms with Crippen LogP contribution >= 0.6 is 0 Å². The molecule has 0 aliphatic rings. The first kappa shape index (κ1) is 12.3. The Hall–Kier alpha value is -1.79. The van der Waals surface area contributed by atoms with Crippen molar-refractivity contribution in [3.8, 4) is 11.8 Å². The topological polar surface area (TPSA) is 55.1 Å². The summed E-state index contributed by atoms with van der Waals surface area (Å²) in [5.41, 5.74) is 6.93. The summed E-state index contributed by atoms with van der Waals surface area (Å²) < 4.78 is 0. The molecule has 3 N–H and O–H groups in total. The molecule has 0 fully saturated rings. The molecule has 0 heterocycles. The predicted octanol–water partition coefficient (Wildman–Crippen LogP) is 1.74. The Bertz CT molecular complexity index is 415. The molecule has 1 aromatic carbocycles. The van der Waals surface area contributed by atoms with E-state index >= 15 is 0 Å². The second-order valence-electron chi connectivity index (χ2n) is 3.38. The smallest absolute Gasteiger partial charge is 0.224 e. The van der Waals surface area contributed by atoms with Crippen LogP contribution in [0.5, 0.6) is 0 Å². The van der Waals surface area contributed by atoms with Crippen LogP contribution in [0.25, 0.3) is 0 Å². The van der Waals surface area contributed by atoms with Crippen LogP contribution in [0.15, 0.2) is 24.3 Å². The lowest BCUT2D eigenvalue weighted by Crippen LogP contribution is -2.10. The highest BCUT2D eigenvalue weighted by atomic mass is 16.1. The third kappa shape index (κ3) is 4.16. The standard InChI is InChI=1S/C13H16N2O/c1-2-5-13(16)15-12-8-3-6-11(10-12)7-4-9-14/h3,6,8,10H,2,5,9,14H2,1H3,(H,15,16). The lowest BCUT2D eigenvalue weighted by Gasteiger charge is -2.04. The van der Waals surface area contributed by atoms with E-state index in [0.717, 1.165) is 17.7 Å². The van der Waals surface area contributed by atoms with Gasteiger partial charge in [0, 0.05) is 17.7 Å². The fraction of sp³-hybridized carbons (Fsp3) is 0.308. The molecule has 0 aliphatic carbocycles. The Labute approximate surface area is 96.0 Å². The van der Waals surface area contributed by atoms with Gasteiger partial charge in [0.25, 0.3) is 0 Å². The molecular formula is C13H16N2O. The minimum atomic E-state index is 0.0337. The van der Waals surface area contributed by atoms with E-state index in [2.05, 4.69) is 17.2 Å². The lowest BCUT2D eigenvalue weighted by molar-refractivity contribution is -0.116. The maximum absolute atomic E-state index is 11.4. The molecule has 0 spiro atoms. The molecule has 0 unspecified atom stereocenters.